The minimum atomic E-state index is 0.288. The second kappa shape index (κ2) is 11.5. The Balaban J connectivity index is 1.23. The first-order chi connectivity index (χ1) is 17.3. The molecule has 0 saturated heterocycles. The van der Waals surface area contributed by atoms with Crippen molar-refractivity contribution in [2.24, 2.45) is 5.92 Å². The van der Waals surface area contributed by atoms with Crippen molar-refractivity contribution in [3.8, 4) is 11.5 Å². The lowest BCUT2D eigenvalue weighted by Crippen LogP contribution is -2.29. The molecule has 35 heavy (non-hydrogen) atoms. The SMILES string of the molecule is CCCCCCCOc1ccc2c(c1)C1C=CCC1C(c1ccc(OCc3ccccc3)cc1)N2. The van der Waals surface area contributed by atoms with Crippen LogP contribution in [0.15, 0.2) is 84.9 Å². The van der Waals surface area contributed by atoms with Crippen LogP contribution in [-0.4, -0.2) is 6.61 Å². The van der Waals surface area contributed by atoms with Crippen molar-refractivity contribution in [1.29, 1.82) is 0 Å². The van der Waals surface area contributed by atoms with Crippen molar-refractivity contribution in [3.05, 3.63) is 102 Å². The Morgan fingerprint density at radius 1 is 0.829 bits per heavy atom. The van der Waals surface area contributed by atoms with Crippen LogP contribution in [0.25, 0.3) is 0 Å². The summed E-state index contributed by atoms with van der Waals surface area (Å²) in [4.78, 5) is 0. The minimum Gasteiger partial charge on any atom is -0.494 e. The third-order valence-corrected chi connectivity index (χ3v) is 7.34. The van der Waals surface area contributed by atoms with Crippen LogP contribution in [0.5, 0.6) is 11.5 Å². The van der Waals surface area contributed by atoms with Crippen LogP contribution >= 0.6 is 0 Å². The zero-order valence-corrected chi connectivity index (χ0v) is 20.8. The van der Waals surface area contributed by atoms with Gasteiger partial charge < -0.3 is 14.8 Å². The van der Waals surface area contributed by atoms with E-state index in [1.54, 1.807) is 0 Å². The van der Waals surface area contributed by atoms with E-state index in [0.717, 1.165) is 30.9 Å². The van der Waals surface area contributed by atoms with Crippen LogP contribution in [0, 0.1) is 5.92 Å². The van der Waals surface area contributed by atoms with Gasteiger partial charge in [0, 0.05) is 11.6 Å². The van der Waals surface area contributed by atoms with Crippen LogP contribution in [0.4, 0.5) is 5.69 Å². The molecule has 0 bridgehead atoms. The molecule has 3 unspecified atom stereocenters. The fourth-order valence-corrected chi connectivity index (χ4v) is 5.40. The van der Waals surface area contributed by atoms with E-state index in [1.807, 2.05) is 18.2 Å². The van der Waals surface area contributed by atoms with Gasteiger partial charge in [0.05, 0.1) is 12.6 Å². The molecule has 0 saturated carbocycles. The summed E-state index contributed by atoms with van der Waals surface area (Å²) in [5.74, 6) is 2.85. The Bertz CT molecular complexity index is 1110. The summed E-state index contributed by atoms with van der Waals surface area (Å²) in [5, 5.41) is 3.84. The molecule has 2 aliphatic rings. The molecule has 3 aromatic rings. The lowest BCUT2D eigenvalue weighted by molar-refractivity contribution is 0.303. The first-order valence-corrected chi connectivity index (χ1v) is 13.3. The first-order valence-electron chi connectivity index (χ1n) is 13.3. The van der Waals surface area contributed by atoms with Crippen molar-refractivity contribution in [2.75, 3.05) is 11.9 Å². The maximum Gasteiger partial charge on any atom is 0.119 e. The van der Waals surface area contributed by atoms with E-state index >= 15 is 0 Å². The molecule has 3 nitrogen and oxygen atoms in total. The minimum absolute atomic E-state index is 0.288. The maximum absolute atomic E-state index is 6.11. The van der Waals surface area contributed by atoms with E-state index in [4.69, 9.17) is 9.47 Å². The third-order valence-electron chi connectivity index (χ3n) is 7.34. The van der Waals surface area contributed by atoms with Crippen molar-refractivity contribution in [2.45, 2.75) is 64.0 Å². The molecule has 1 aliphatic heterocycles. The van der Waals surface area contributed by atoms with Gasteiger partial charge in [-0.05, 0) is 65.8 Å². The van der Waals surface area contributed by atoms with Crippen LogP contribution < -0.4 is 14.8 Å². The van der Waals surface area contributed by atoms with Gasteiger partial charge in [0.1, 0.15) is 18.1 Å². The molecular formula is C32H37NO2. The molecule has 182 valence electrons. The number of fused-ring (bicyclic) bond motifs is 3. The molecule has 3 aromatic carbocycles. The van der Waals surface area contributed by atoms with Gasteiger partial charge in [-0.2, -0.15) is 0 Å². The summed E-state index contributed by atoms with van der Waals surface area (Å²) in [7, 11) is 0. The van der Waals surface area contributed by atoms with Crippen molar-refractivity contribution < 1.29 is 9.47 Å². The van der Waals surface area contributed by atoms with Gasteiger partial charge in [-0.3, -0.25) is 0 Å². The molecule has 1 N–H and O–H groups in total. The largest absolute Gasteiger partial charge is 0.494 e. The average molecular weight is 468 g/mol. The average Bonchev–Trinajstić information content (AvgIpc) is 3.40. The fraction of sp³-hybridized carbons (Fsp3) is 0.375. The van der Waals surface area contributed by atoms with Crippen molar-refractivity contribution >= 4 is 5.69 Å². The van der Waals surface area contributed by atoms with Crippen molar-refractivity contribution in [1.82, 2.24) is 0 Å². The normalized spacial score (nSPS) is 20.1. The van der Waals surface area contributed by atoms with E-state index in [0.29, 0.717) is 18.4 Å². The number of rotatable bonds is 11. The van der Waals surface area contributed by atoms with Gasteiger partial charge in [0.15, 0.2) is 0 Å². The lowest BCUT2D eigenvalue weighted by Gasteiger charge is -2.37. The fourth-order valence-electron chi connectivity index (χ4n) is 5.40. The molecule has 0 aromatic heterocycles. The Hall–Kier alpha value is -3.20. The van der Waals surface area contributed by atoms with E-state index < -0.39 is 0 Å². The zero-order valence-electron chi connectivity index (χ0n) is 20.8. The number of allylic oxidation sites excluding steroid dienone is 2. The Morgan fingerprint density at radius 3 is 2.46 bits per heavy atom. The van der Waals surface area contributed by atoms with Gasteiger partial charge in [0.25, 0.3) is 0 Å². The summed E-state index contributed by atoms with van der Waals surface area (Å²) in [5.41, 5.74) is 5.09. The van der Waals surface area contributed by atoms with Crippen molar-refractivity contribution in [3.63, 3.8) is 0 Å². The predicted octanol–water partition coefficient (Wildman–Crippen LogP) is 8.44. The Labute approximate surface area is 210 Å². The van der Waals surface area contributed by atoms with Gasteiger partial charge in [0.2, 0.25) is 0 Å². The third kappa shape index (κ3) is 5.73. The molecule has 0 fully saturated rings. The highest BCUT2D eigenvalue weighted by atomic mass is 16.5. The summed E-state index contributed by atoms with van der Waals surface area (Å²) in [6.07, 6.45) is 12.1. The second-order valence-corrected chi connectivity index (χ2v) is 9.83. The smallest absolute Gasteiger partial charge is 0.119 e. The summed E-state index contributed by atoms with van der Waals surface area (Å²) in [6, 6.07) is 25.8. The van der Waals surface area contributed by atoms with Crippen LogP contribution in [0.2, 0.25) is 0 Å². The number of nitrogens with one attached hydrogen (secondary N) is 1. The number of hydrogen-bond acceptors (Lipinski definition) is 3. The van der Waals surface area contributed by atoms with Gasteiger partial charge >= 0.3 is 0 Å². The Kier molecular flexibility index (Phi) is 7.72. The van der Waals surface area contributed by atoms with E-state index in [9.17, 15) is 0 Å². The molecular weight excluding hydrogens is 430 g/mol. The summed E-state index contributed by atoms with van der Waals surface area (Å²) < 4.78 is 12.1. The Morgan fingerprint density at radius 2 is 1.63 bits per heavy atom. The van der Waals surface area contributed by atoms with E-state index in [2.05, 4.69) is 79.0 Å². The maximum atomic E-state index is 6.11. The molecule has 1 heterocycles. The highest BCUT2D eigenvalue weighted by Crippen LogP contribution is 2.50. The second-order valence-electron chi connectivity index (χ2n) is 9.83. The highest BCUT2D eigenvalue weighted by Gasteiger charge is 2.38. The van der Waals surface area contributed by atoms with Gasteiger partial charge in [-0.25, -0.2) is 0 Å². The molecule has 0 amide bonds. The van der Waals surface area contributed by atoms with Gasteiger partial charge in [-0.15, -0.1) is 0 Å². The standard InChI is InChI=1S/C32H37NO2/c1-2-3-4-5-9-21-34-27-19-20-31-30(22-27)28-13-10-14-29(28)32(33-31)25-15-17-26(18-16-25)35-23-24-11-7-6-8-12-24/h6-8,10-13,15-20,22,28-29,32-33H,2-5,9,14,21,23H2,1H3. The zero-order chi connectivity index (χ0) is 23.9. The molecule has 5 rings (SSSR count). The summed E-state index contributed by atoms with van der Waals surface area (Å²) in [6.45, 7) is 3.65. The van der Waals surface area contributed by atoms with Crippen LogP contribution in [0.3, 0.4) is 0 Å². The van der Waals surface area contributed by atoms with E-state index in [-0.39, 0.29) is 6.04 Å². The van der Waals surface area contributed by atoms with Crippen LogP contribution in [0.1, 0.15) is 74.1 Å². The number of unbranched alkanes of at least 4 members (excludes halogenated alkanes) is 4. The van der Waals surface area contributed by atoms with Gasteiger partial charge in [-0.1, -0.05) is 87.2 Å². The monoisotopic (exact) mass is 467 g/mol. The predicted molar refractivity (Wildman–Crippen MR) is 144 cm³/mol. The number of hydrogen-bond donors (Lipinski definition) is 1. The number of ether oxygens (including phenoxy) is 2. The quantitative estimate of drug-likeness (QED) is 0.227. The number of benzene rings is 3. The topological polar surface area (TPSA) is 30.5 Å². The first kappa shape index (κ1) is 23.5. The lowest BCUT2D eigenvalue weighted by atomic mass is 9.77. The highest BCUT2D eigenvalue weighted by molar-refractivity contribution is 5.61. The molecule has 3 atom stereocenters. The molecule has 0 spiro atoms. The van der Waals surface area contributed by atoms with Crippen LogP contribution in [-0.2, 0) is 6.61 Å². The molecule has 0 radical (unpaired) electrons. The molecule has 3 heteroatoms. The summed E-state index contributed by atoms with van der Waals surface area (Å²) >= 11 is 0. The van der Waals surface area contributed by atoms with E-state index in [1.165, 1.54) is 48.1 Å². The molecule has 1 aliphatic carbocycles. The number of anilines is 1.